The molecule has 0 saturated carbocycles. The van der Waals surface area contributed by atoms with Crippen LogP contribution in [0.15, 0.2) is 59.0 Å². The van der Waals surface area contributed by atoms with Crippen LogP contribution in [0.1, 0.15) is 42.5 Å². The van der Waals surface area contributed by atoms with E-state index in [2.05, 4.69) is 16.1 Å². The van der Waals surface area contributed by atoms with Gasteiger partial charge in [-0.1, -0.05) is 17.7 Å². The number of sulfonamides is 1. The number of anilines is 1. The molecule has 2 aromatic carbocycles. The Morgan fingerprint density at radius 1 is 1.03 bits per heavy atom. The fraction of sp³-hybridized carbons (Fsp3) is 0.318. The van der Waals surface area contributed by atoms with Crippen LogP contribution >= 0.6 is 0 Å². The summed E-state index contributed by atoms with van der Waals surface area (Å²) in [5.41, 5.74) is 2.04. The van der Waals surface area contributed by atoms with Gasteiger partial charge in [-0.25, -0.2) is 8.42 Å². The number of allylic oxidation sites excluding steroid dienone is 1. The zero-order valence-corrected chi connectivity index (χ0v) is 17.3. The third-order valence-electron chi connectivity index (χ3n) is 5.15. The molecule has 0 aromatic heterocycles. The van der Waals surface area contributed by atoms with Crippen molar-refractivity contribution in [2.75, 3.05) is 18.1 Å². The topological polar surface area (TPSA) is 93.7 Å². The third-order valence-corrected chi connectivity index (χ3v) is 6.53. The highest BCUT2D eigenvalue weighted by atomic mass is 32.2. The minimum absolute atomic E-state index is 0.0165. The molecule has 0 bridgehead atoms. The quantitative estimate of drug-likeness (QED) is 0.654. The summed E-state index contributed by atoms with van der Waals surface area (Å²) >= 11 is 0. The van der Waals surface area contributed by atoms with Crippen LogP contribution in [0.5, 0.6) is 11.5 Å². The predicted molar refractivity (Wildman–Crippen MR) is 113 cm³/mol. The van der Waals surface area contributed by atoms with Crippen LogP contribution in [-0.4, -0.2) is 27.7 Å². The van der Waals surface area contributed by atoms with Crippen LogP contribution in [0, 0.1) is 0 Å². The lowest BCUT2D eigenvalue weighted by molar-refractivity contribution is 0.0954. The summed E-state index contributed by atoms with van der Waals surface area (Å²) in [5.74, 6) is 0.767. The van der Waals surface area contributed by atoms with Gasteiger partial charge in [-0.05, 0) is 62.4 Å². The minimum Gasteiger partial charge on any atom is -0.454 e. The van der Waals surface area contributed by atoms with Gasteiger partial charge in [0.15, 0.2) is 11.5 Å². The fourth-order valence-electron chi connectivity index (χ4n) is 3.55. The molecule has 7 nitrogen and oxygen atoms in total. The van der Waals surface area contributed by atoms with Gasteiger partial charge in [0, 0.05) is 18.2 Å². The van der Waals surface area contributed by atoms with Crippen molar-refractivity contribution in [3.8, 4) is 11.5 Å². The van der Waals surface area contributed by atoms with Gasteiger partial charge < -0.3 is 14.8 Å². The van der Waals surface area contributed by atoms with E-state index in [1.165, 1.54) is 30.5 Å². The number of rotatable bonds is 7. The Morgan fingerprint density at radius 2 is 1.90 bits per heavy atom. The molecule has 2 aromatic rings. The molecule has 0 fully saturated rings. The molecule has 0 unspecified atom stereocenters. The number of fused-ring (bicyclic) bond motifs is 1. The van der Waals surface area contributed by atoms with Gasteiger partial charge in [0.1, 0.15) is 0 Å². The van der Waals surface area contributed by atoms with Crippen molar-refractivity contribution >= 4 is 21.6 Å². The summed E-state index contributed by atoms with van der Waals surface area (Å²) in [6, 6.07) is 10.8. The lowest BCUT2D eigenvalue weighted by Crippen LogP contribution is -2.25. The van der Waals surface area contributed by atoms with Crippen LogP contribution in [0.4, 0.5) is 5.69 Å². The molecule has 1 amide bonds. The van der Waals surface area contributed by atoms with Gasteiger partial charge in [0.25, 0.3) is 15.9 Å². The molecule has 2 aliphatic rings. The van der Waals surface area contributed by atoms with E-state index in [9.17, 15) is 13.2 Å². The summed E-state index contributed by atoms with van der Waals surface area (Å²) in [6.45, 7) is 0.650. The van der Waals surface area contributed by atoms with Crippen molar-refractivity contribution in [3.05, 3.63) is 59.7 Å². The first-order valence-electron chi connectivity index (χ1n) is 10.00. The number of hydrogen-bond donors (Lipinski definition) is 2. The monoisotopic (exact) mass is 428 g/mol. The van der Waals surface area contributed by atoms with Crippen LogP contribution in [0.25, 0.3) is 0 Å². The second kappa shape index (κ2) is 8.79. The van der Waals surface area contributed by atoms with E-state index < -0.39 is 10.0 Å². The van der Waals surface area contributed by atoms with Gasteiger partial charge in [-0.2, -0.15) is 0 Å². The first-order valence-corrected chi connectivity index (χ1v) is 11.5. The first-order chi connectivity index (χ1) is 14.5. The molecule has 0 radical (unpaired) electrons. The van der Waals surface area contributed by atoms with Gasteiger partial charge >= 0.3 is 0 Å². The Kier molecular flexibility index (Phi) is 5.94. The van der Waals surface area contributed by atoms with Gasteiger partial charge in [0.05, 0.1) is 10.6 Å². The van der Waals surface area contributed by atoms with E-state index in [0.29, 0.717) is 29.3 Å². The van der Waals surface area contributed by atoms with Crippen molar-refractivity contribution < 1.29 is 22.7 Å². The molecule has 1 aliphatic carbocycles. The SMILES string of the molecule is O=C(NCCC1=CCCCC1)c1cccc(S(=O)(=O)Nc2ccc3c(c2)OCO3)c1. The van der Waals surface area contributed by atoms with Crippen LogP contribution in [-0.2, 0) is 10.0 Å². The molecular formula is C22H24N2O5S. The molecule has 1 aliphatic heterocycles. The number of ether oxygens (including phenoxy) is 2. The Balaban J connectivity index is 1.41. The zero-order chi connectivity index (χ0) is 21.0. The van der Waals surface area contributed by atoms with E-state index in [0.717, 1.165) is 19.3 Å². The smallest absolute Gasteiger partial charge is 0.261 e. The molecular weight excluding hydrogens is 404 g/mol. The van der Waals surface area contributed by atoms with E-state index in [-0.39, 0.29) is 17.6 Å². The maximum absolute atomic E-state index is 12.8. The number of nitrogens with one attached hydrogen (secondary N) is 2. The number of carbonyl (C=O) groups excluding carboxylic acids is 1. The van der Waals surface area contributed by atoms with Crippen LogP contribution < -0.4 is 19.5 Å². The van der Waals surface area contributed by atoms with Gasteiger partial charge in [-0.3, -0.25) is 9.52 Å². The highest BCUT2D eigenvalue weighted by molar-refractivity contribution is 7.92. The standard InChI is InChI=1S/C22H24N2O5S/c25-22(23-12-11-16-5-2-1-3-6-16)17-7-4-8-19(13-17)30(26,27)24-18-9-10-20-21(14-18)29-15-28-20/h4-5,7-10,13-14,24H,1-3,6,11-12,15H2,(H,23,25). The largest absolute Gasteiger partial charge is 0.454 e. The molecule has 1 heterocycles. The average Bonchev–Trinajstić information content (AvgIpc) is 3.22. The zero-order valence-electron chi connectivity index (χ0n) is 16.5. The molecule has 30 heavy (non-hydrogen) atoms. The van der Waals surface area contributed by atoms with E-state index in [1.807, 2.05) is 0 Å². The molecule has 8 heteroatoms. The second-order valence-electron chi connectivity index (χ2n) is 7.32. The first kappa shape index (κ1) is 20.3. The van der Waals surface area contributed by atoms with Crippen molar-refractivity contribution in [3.63, 3.8) is 0 Å². The molecule has 4 rings (SSSR count). The Hall–Kier alpha value is -3.00. The predicted octanol–water partition coefficient (Wildman–Crippen LogP) is 3.84. The minimum atomic E-state index is -3.86. The van der Waals surface area contributed by atoms with Crippen LogP contribution in [0.3, 0.4) is 0 Å². The summed E-state index contributed by atoms with van der Waals surface area (Å²) in [7, 11) is -3.86. The van der Waals surface area contributed by atoms with Crippen molar-refractivity contribution in [2.45, 2.75) is 37.0 Å². The molecule has 2 N–H and O–H groups in total. The number of hydrogen-bond acceptors (Lipinski definition) is 5. The van der Waals surface area contributed by atoms with Gasteiger partial charge in [-0.15, -0.1) is 0 Å². The summed E-state index contributed by atoms with van der Waals surface area (Å²) in [6.07, 6.45) is 7.72. The second-order valence-corrected chi connectivity index (χ2v) is 9.00. The van der Waals surface area contributed by atoms with Crippen molar-refractivity contribution in [2.24, 2.45) is 0 Å². The molecule has 0 spiro atoms. The van der Waals surface area contributed by atoms with Crippen molar-refractivity contribution in [1.29, 1.82) is 0 Å². The molecule has 0 saturated heterocycles. The van der Waals surface area contributed by atoms with E-state index >= 15 is 0 Å². The maximum Gasteiger partial charge on any atom is 0.261 e. The maximum atomic E-state index is 12.8. The summed E-state index contributed by atoms with van der Waals surface area (Å²) in [5, 5.41) is 2.88. The number of carbonyl (C=O) groups is 1. The Bertz CT molecular complexity index is 1080. The lowest BCUT2D eigenvalue weighted by Gasteiger charge is -2.13. The Morgan fingerprint density at radius 3 is 2.73 bits per heavy atom. The average molecular weight is 429 g/mol. The normalized spacial score (nSPS) is 15.4. The Labute approximate surface area is 176 Å². The fourth-order valence-corrected chi connectivity index (χ4v) is 4.64. The summed E-state index contributed by atoms with van der Waals surface area (Å²) in [4.78, 5) is 12.5. The summed E-state index contributed by atoms with van der Waals surface area (Å²) < 4.78 is 38.6. The van der Waals surface area contributed by atoms with E-state index in [1.54, 1.807) is 30.3 Å². The van der Waals surface area contributed by atoms with Gasteiger partial charge in [0.2, 0.25) is 6.79 Å². The highest BCUT2D eigenvalue weighted by Gasteiger charge is 2.19. The number of amides is 1. The van der Waals surface area contributed by atoms with Crippen molar-refractivity contribution in [1.82, 2.24) is 5.32 Å². The van der Waals surface area contributed by atoms with E-state index in [4.69, 9.17) is 9.47 Å². The lowest BCUT2D eigenvalue weighted by atomic mass is 9.97. The number of benzene rings is 2. The van der Waals surface area contributed by atoms with Crippen LogP contribution in [0.2, 0.25) is 0 Å². The molecule has 158 valence electrons. The highest BCUT2D eigenvalue weighted by Crippen LogP contribution is 2.34. The third kappa shape index (κ3) is 4.76. The molecule has 0 atom stereocenters.